The summed E-state index contributed by atoms with van der Waals surface area (Å²) in [6, 6.07) is 12.7. The molecule has 0 radical (unpaired) electrons. The van der Waals surface area contributed by atoms with E-state index in [-0.39, 0.29) is 29.9 Å². The molecule has 5 nitrogen and oxygen atoms in total. The second-order valence-corrected chi connectivity index (χ2v) is 8.21. The van der Waals surface area contributed by atoms with Gasteiger partial charge in [-0.25, -0.2) is 4.99 Å². The highest BCUT2D eigenvalue weighted by molar-refractivity contribution is 14.0. The van der Waals surface area contributed by atoms with E-state index in [0.717, 1.165) is 38.4 Å². The molecule has 0 unspecified atom stereocenters. The number of halogens is 1. The molecule has 0 bridgehead atoms. The van der Waals surface area contributed by atoms with E-state index in [9.17, 15) is 4.79 Å². The van der Waals surface area contributed by atoms with Crippen LogP contribution in [0.1, 0.15) is 47.6 Å². The van der Waals surface area contributed by atoms with Gasteiger partial charge in [-0.2, -0.15) is 0 Å². The van der Waals surface area contributed by atoms with Crippen molar-refractivity contribution >= 4 is 47.2 Å². The molecular formula is C22H31IN4OS. The monoisotopic (exact) mass is 526 g/mol. The second-order valence-electron chi connectivity index (χ2n) is 6.96. The van der Waals surface area contributed by atoms with Crippen LogP contribution in [0.2, 0.25) is 0 Å². The third kappa shape index (κ3) is 6.99. The maximum atomic E-state index is 12.0. The minimum Gasteiger partial charge on any atom is -0.357 e. The standard InChI is InChI=1S/C22H30N4OS.HI/c1-3-19-11-12-20(28-19)15-25-22(23-4-2)24-14-17-8-5-6-9-18(17)16-26-13-7-10-21(26)27;/h5-6,8-9,11-12H,3-4,7,10,13-16H2,1-2H3,(H2,23,24,25);1H. The van der Waals surface area contributed by atoms with Gasteiger partial charge in [0.15, 0.2) is 5.96 Å². The number of aliphatic imine (C=N–C) groups is 1. The van der Waals surface area contributed by atoms with Gasteiger partial charge in [0.1, 0.15) is 0 Å². The topological polar surface area (TPSA) is 56.7 Å². The second kappa shape index (κ2) is 12.2. The highest BCUT2D eigenvalue weighted by Crippen LogP contribution is 2.18. The van der Waals surface area contributed by atoms with Crippen molar-refractivity contribution in [3.05, 3.63) is 57.3 Å². The van der Waals surface area contributed by atoms with Gasteiger partial charge in [0.25, 0.3) is 0 Å². The molecule has 1 amide bonds. The summed E-state index contributed by atoms with van der Waals surface area (Å²) < 4.78 is 0. The zero-order chi connectivity index (χ0) is 19.8. The third-order valence-corrected chi connectivity index (χ3v) is 6.13. The molecule has 1 aliphatic rings. The first kappa shape index (κ1) is 23.7. The van der Waals surface area contributed by atoms with Gasteiger partial charge in [-0.15, -0.1) is 35.3 Å². The van der Waals surface area contributed by atoms with Crippen molar-refractivity contribution in [2.24, 2.45) is 4.99 Å². The molecule has 3 rings (SSSR count). The van der Waals surface area contributed by atoms with Crippen LogP contribution >= 0.6 is 35.3 Å². The Bertz CT molecular complexity index is 821. The van der Waals surface area contributed by atoms with E-state index in [1.165, 1.54) is 20.9 Å². The molecule has 158 valence electrons. The fourth-order valence-electron chi connectivity index (χ4n) is 3.33. The van der Waals surface area contributed by atoms with Crippen molar-refractivity contribution in [1.82, 2.24) is 15.5 Å². The Labute approximate surface area is 195 Å². The molecule has 0 aliphatic carbocycles. The first-order valence-electron chi connectivity index (χ1n) is 10.1. The van der Waals surface area contributed by atoms with Crippen LogP contribution in [0, 0.1) is 0 Å². The molecule has 0 saturated carbocycles. The summed E-state index contributed by atoms with van der Waals surface area (Å²) in [5, 5.41) is 6.75. The van der Waals surface area contributed by atoms with E-state index in [2.05, 4.69) is 48.7 Å². The van der Waals surface area contributed by atoms with Crippen LogP contribution < -0.4 is 10.6 Å². The lowest BCUT2D eigenvalue weighted by Gasteiger charge is -2.18. The molecular weight excluding hydrogens is 495 g/mol. The average Bonchev–Trinajstić information content (AvgIpc) is 3.34. The van der Waals surface area contributed by atoms with E-state index in [1.54, 1.807) is 0 Å². The van der Waals surface area contributed by atoms with Crippen LogP contribution in [-0.2, 0) is 30.8 Å². The van der Waals surface area contributed by atoms with Crippen molar-refractivity contribution in [2.75, 3.05) is 13.1 Å². The van der Waals surface area contributed by atoms with E-state index < -0.39 is 0 Å². The largest absolute Gasteiger partial charge is 0.357 e. The van der Waals surface area contributed by atoms with Crippen LogP contribution in [0.4, 0.5) is 0 Å². The minimum atomic E-state index is 0. The molecule has 0 spiro atoms. The molecule has 1 aromatic heterocycles. The Balaban J connectivity index is 0.00000300. The minimum absolute atomic E-state index is 0. The molecule has 1 aliphatic heterocycles. The lowest BCUT2D eigenvalue weighted by molar-refractivity contribution is -0.128. The fourth-order valence-corrected chi connectivity index (χ4v) is 4.22. The van der Waals surface area contributed by atoms with Gasteiger partial charge in [-0.3, -0.25) is 4.79 Å². The van der Waals surface area contributed by atoms with Crippen LogP contribution in [0.15, 0.2) is 41.4 Å². The van der Waals surface area contributed by atoms with Crippen molar-refractivity contribution < 1.29 is 4.79 Å². The summed E-state index contributed by atoms with van der Waals surface area (Å²) in [5.41, 5.74) is 2.35. The van der Waals surface area contributed by atoms with Gasteiger partial charge in [0.05, 0.1) is 13.1 Å². The summed E-state index contributed by atoms with van der Waals surface area (Å²) in [4.78, 5) is 21.4. The number of nitrogens with zero attached hydrogens (tertiary/aromatic N) is 2. The molecule has 1 fully saturated rings. The van der Waals surface area contributed by atoms with Crippen LogP contribution in [0.5, 0.6) is 0 Å². The highest BCUT2D eigenvalue weighted by Gasteiger charge is 2.20. The zero-order valence-electron chi connectivity index (χ0n) is 17.2. The summed E-state index contributed by atoms with van der Waals surface area (Å²) in [6.07, 6.45) is 2.72. The Kier molecular flexibility index (Phi) is 9.93. The van der Waals surface area contributed by atoms with Gasteiger partial charge in [-0.1, -0.05) is 31.2 Å². The maximum Gasteiger partial charge on any atom is 0.222 e. The number of amides is 1. The smallest absolute Gasteiger partial charge is 0.222 e. The predicted octanol–water partition coefficient (Wildman–Crippen LogP) is 4.31. The van der Waals surface area contributed by atoms with Gasteiger partial charge >= 0.3 is 0 Å². The number of guanidine groups is 1. The number of hydrogen-bond acceptors (Lipinski definition) is 3. The summed E-state index contributed by atoms with van der Waals surface area (Å²) in [7, 11) is 0. The summed E-state index contributed by atoms with van der Waals surface area (Å²) in [5.74, 6) is 1.08. The lowest BCUT2D eigenvalue weighted by atomic mass is 10.1. The molecule has 1 saturated heterocycles. The van der Waals surface area contributed by atoms with Crippen molar-refractivity contribution in [3.8, 4) is 0 Å². The first-order valence-corrected chi connectivity index (χ1v) is 11.0. The van der Waals surface area contributed by atoms with Crippen LogP contribution in [-0.4, -0.2) is 29.9 Å². The molecule has 2 aromatic rings. The van der Waals surface area contributed by atoms with E-state index in [4.69, 9.17) is 4.99 Å². The van der Waals surface area contributed by atoms with Crippen molar-refractivity contribution in [2.45, 2.75) is 52.7 Å². The van der Waals surface area contributed by atoms with Crippen LogP contribution in [0.3, 0.4) is 0 Å². The molecule has 0 atom stereocenters. The SMILES string of the molecule is CCNC(=NCc1ccccc1CN1CCCC1=O)NCc1ccc(CC)s1.I. The zero-order valence-corrected chi connectivity index (χ0v) is 20.4. The average molecular weight is 526 g/mol. The molecule has 29 heavy (non-hydrogen) atoms. The number of rotatable bonds is 8. The van der Waals surface area contributed by atoms with E-state index >= 15 is 0 Å². The van der Waals surface area contributed by atoms with Crippen molar-refractivity contribution in [1.29, 1.82) is 0 Å². The number of nitrogens with one attached hydrogen (secondary N) is 2. The molecule has 7 heteroatoms. The Hall–Kier alpha value is -1.61. The van der Waals surface area contributed by atoms with E-state index in [1.807, 2.05) is 28.4 Å². The Morgan fingerprint density at radius 2 is 1.86 bits per heavy atom. The van der Waals surface area contributed by atoms with Gasteiger partial charge in [0.2, 0.25) is 5.91 Å². The number of likely N-dealkylation sites (tertiary alicyclic amines) is 1. The number of aryl methyl sites for hydroxylation is 1. The van der Waals surface area contributed by atoms with Gasteiger partial charge < -0.3 is 15.5 Å². The van der Waals surface area contributed by atoms with Gasteiger partial charge in [-0.05, 0) is 43.0 Å². The summed E-state index contributed by atoms with van der Waals surface area (Å²) in [6.45, 7) is 8.00. The summed E-state index contributed by atoms with van der Waals surface area (Å²) >= 11 is 1.85. The Morgan fingerprint density at radius 3 is 2.52 bits per heavy atom. The number of benzene rings is 1. The number of thiophene rings is 1. The number of hydrogen-bond donors (Lipinski definition) is 2. The molecule has 2 N–H and O–H groups in total. The van der Waals surface area contributed by atoms with E-state index in [0.29, 0.717) is 19.5 Å². The highest BCUT2D eigenvalue weighted by atomic mass is 127. The third-order valence-electron chi connectivity index (χ3n) is 4.90. The fraction of sp³-hybridized carbons (Fsp3) is 0.455. The number of carbonyl (C=O) groups excluding carboxylic acids is 1. The lowest BCUT2D eigenvalue weighted by Crippen LogP contribution is -2.36. The Morgan fingerprint density at radius 1 is 1.10 bits per heavy atom. The first-order chi connectivity index (χ1) is 13.7. The number of carbonyl (C=O) groups is 1. The maximum absolute atomic E-state index is 12.0. The van der Waals surface area contributed by atoms with Crippen molar-refractivity contribution in [3.63, 3.8) is 0 Å². The van der Waals surface area contributed by atoms with Crippen LogP contribution in [0.25, 0.3) is 0 Å². The quantitative estimate of drug-likeness (QED) is 0.306. The molecule has 2 heterocycles. The van der Waals surface area contributed by atoms with Gasteiger partial charge in [0, 0.05) is 35.8 Å². The normalized spacial score (nSPS) is 14.1. The molecule has 1 aromatic carbocycles. The predicted molar refractivity (Wildman–Crippen MR) is 132 cm³/mol.